The number of rotatable bonds is 4. The quantitative estimate of drug-likeness (QED) is 0.926. The first-order valence-electron chi connectivity index (χ1n) is 6.50. The minimum absolute atomic E-state index is 0.163. The first-order chi connectivity index (χ1) is 9.04. The predicted octanol–water partition coefficient (Wildman–Crippen LogP) is 2.03. The van der Waals surface area contributed by atoms with Crippen molar-refractivity contribution >= 4 is 21.6 Å². The fourth-order valence-corrected chi connectivity index (χ4v) is 4.29. The molecule has 1 saturated heterocycles. The van der Waals surface area contributed by atoms with Crippen LogP contribution in [0.25, 0.3) is 0 Å². The van der Waals surface area contributed by atoms with Crippen LogP contribution in [0.15, 0.2) is 24.3 Å². The van der Waals surface area contributed by atoms with Crippen LogP contribution in [-0.2, 0) is 10.0 Å². The molecule has 1 aliphatic rings. The molecule has 6 heteroatoms. The fourth-order valence-electron chi connectivity index (χ4n) is 2.39. The summed E-state index contributed by atoms with van der Waals surface area (Å²) in [5.41, 5.74) is 0.944. The molecule has 19 heavy (non-hydrogen) atoms. The molecule has 1 aromatic carbocycles. The third-order valence-electron chi connectivity index (χ3n) is 3.25. The van der Waals surface area contributed by atoms with Gasteiger partial charge in [-0.15, -0.1) is 0 Å². The number of sulfonamides is 1. The average Bonchev–Trinajstić information content (AvgIpc) is 2.39. The van der Waals surface area contributed by atoms with E-state index in [1.807, 2.05) is 25.1 Å². The highest BCUT2D eigenvalue weighted by Gasteiger charge is 2.32. The Labute approximate surface area is 119 Å². The average molecular weight is 303 g/mol. The van der Waals surface area contributed by atoms with E-state index in [1.54, 1.807) is 10.4 Å². The number of nitrogens with zero attached hydrogens (tertiary/aromatic N) is 1. The molecule has 0 bridgehead atoms. The Kier molecular flexibility index (Phi) is 4.84. The monoisotopic (exact) mass is 302 g/mol. The summed E-state index contributed by atoms with van der Waals surface area (Å²) in [6, 6.07) is 7.26. The van der Waals surface area contributed by atoms with Gasteiger partial charge < -0.3 is 5.32 Å². The van der Waals surface area contributed by atoms with Gasteiger partial charge in [0.2, 0.25) is 10.0 Å². The third kappa shape index (κ3) is 3.48. The van der Waals surface area contributed by atoms with Crippen molar-refractivity contribution in [2.45, 2.75) is 19.4 Å². The molecule has 0 saturated carbocycles. The molecule has 0 spiro atoms. The molecule has 1 unspecified atom stereocenters. The van der Waals surface area contributed by atoms with Gasteiger partial charge in [0.1, 0.15) is 0 Å². The lowest BCUT2D eigenvalue weighted by molar-refractivity contribution is 0.271. The molecule has 1 atom stereocenters. The van der Waals surface area contributed by atoms with Crippen LogP contribution >= 0.6 is 11.6 Å². The van der Waals surface area contributed by atoms with Crippen molar-refractivity contribution in [1.29, 1.82) is 0 Å². The summed E-state index contributed by atoms with van der Waals surface area (Å²) >= 11 is 6.00. The number of piperazine rings is 1. The predicted molar refractivity (Wildman–Crippen MR) is 77.8 cm³/mol. The van der Waals surface area contributed by atoms with Crippen molar-refractivity contribution in [2.24, 2.45) is 0 Å². The summed E-state index contributed by atoms with van der Waals surface area (Å²) in [6.07, 6.45) is 0.633. The van der Waals surface area contributed by atoms with Crippen LogP contribution in [-0.4, -0.2) is 38.1 Å². The minimum atomic E-state index is -3.19. The molecule has 0 aliphatic carbocycles. The highest BCUT2D eigenvalue weighted by molar-refractivity contribution is 7.89. The Hall–Kier alpha value is -0.620. The molecular weight excluding hydrogens is 284 g/mol. The topological polar surface area (TPSA) is 49.4 Å². The van der Waals surface area contributed by atoms with E-state index >= 15 is 0 Å². The summed E-state index contributed by atoms with van der Waals surface area (Å²) in [4.78, 5) is 0. The van der Waals surface area contributed by atoms with E-state index in [4.69, 9.17) is 11.6 Å². The maximum absolute atomic E-state index is 12.3. The van der Waals surface area contributed by atoms with Gasteiger partial charge in [-0.3, -0.25) is 0 Å². The molecule has 1 aliphatic heterocycles. The molecule has 0 amide bonds. The van der Waals surface area contributed by atoms with E-state index in [-0.39, 0.29) is 11.8 Å². The zero-order chi connectivity index (χ0) is 13.9. The summed E-state index contributed by atoms with van der Waals surface area (Å²) in [5, 5.41) is 3.88. The van der Waals surface area contributed by atoms with Gasteiger partial charge in [-0.1, -0.05) is 30.7 Å². The molecule has 1 aromatic rings. The SMILES string of the molecule is CCCS(=O)(=O)N1CCNCC1c1cccc(Cl)c1. The van der Waals surface area contributed by atoms with Gasteiger partial charge in [-0.25, -0.2) is 8.42 Å². The van der Waals surface area contributed by atoms with Crippen molar-refractivity contribution in [3.8, 4) is 0 Å². The molecule has 106 valence electrons. The fraction of sp³-hybridized carbons (Fsp3) is 0.538. The largest absolute Gasteiger partial charge is 0.313 e. The molecule has 4 nitrogen and oxygen atoms in total. The Balaban J connectivity index is 2.31. The maximum atomic E-state index is 12.3. The summed E-state index contributed by atoms with van der Waals surface area (Å²) < 4.78 is 26.2. The van der Waals surface area contributed by atoms with E-state index < -0.39 is 10.0 Å². The van der Waals surface area contributed by atoms with Crippen LogP contribution in [0.5, 0.6) is 0 Å². The van der Waals surface area contributed by atoms with Crippen molar-refractivity contribution < 1.29 is 8.42 Å². The zero-order valence-corrected chi connectivity index (χ0v) is 12.5. The molecule has 1 fully saturated rings. The Morgan fingerprint density at radius 1 is 1.47 bits per heavy atom. The van der Waals surface area contributed by atoms with Gasteiger partial charge in [0.25, 0.3) is 0 Å². The van der Waals surface area contributed by atoms with Gasteiger partial charge in [0.15, 0.2) is 0 Å². The molecule has 1 heterocycles. The smallest absolute Gasteiger partial charge is 0.214 e. The molecule has 0 radical (unpaired) electrons. The molecule has 1 N–H and O–H groups in total. The molecule has 0 aromatic heterocycles. The maximum Gasteiger partial charge on any atom is 0.214 e. The lowest BCUT2D eigenvalue weighted by Crippen LogP contribution is -2.49. The summed E-state index contributed by atoms with van der Waals surface area (Å²) in [5.74, 6) is 0.198. The number of halogens is 1. The Morgan fingerprint density at radius 3 is 2.95 bits per heavy atom. The second-order valence-electron chi connectivity index (χ2n) is 4.70. The molecule has 2 rings (SSSR count). The van der Waals surface area contributed by atoms with Gasteiger partial charge in [0, 0.05) is 24.7 Å². The second kappa shape index (κ2) is 6.22. The lowest BCUT2D eigenvalue weighted by Gasteiger charge is -2.35. The van der Waals surface area contributed by atoms with E-state index in [0.29, 0.717) is 31.1 Å². The highest BCUT2D eigenvalue weighted by atomic mass is 35.5. The first-order valence-corrected chi connectivity index (χ1v) is 8.49. The van der Waals surface area contributed by atoms with Crippen molar-refractivity contribution in [2.75, 3.05) is 25.4 Å². The van der Waals surface area contributed by atoms with Gasteiger partial charge in [-0.2, -0.15) is 4.31 Å². The van der Waals surface area contributed by atoms with Crippen LogP contribution < -0.4 is 5.32 Å². The number of hydrogen-bond acceptors (Lipinski definition) is 3. The summed E-state index contributed by atoms with van der Waals surface area (Å²) in [6.45, 7) is 3.72. The van der Waals surface area contributed by atoms with Crippen molar-refractivity contribution in [3.63, 3.8) is 0 Å². The number of hydrogen-bond donors (Lipinski definition) is 1. The van der Waals surface area contributed by atoms with Crippen LogP contribution in [0.1, 0.15) is 24.9 Å². The van der Waals surface area contributed by atoms with Crippen LogP contribution in [0.3, 0.4) is 0 Å². The lowest BCUT2D eigenvalue weighted by atomic mass is 10.1. The normalized spacial score (nSPS) is 21.5. The van der Waals surface area contributed by atoms with Gasteiger partial charge in [0.05, 0.1) is 11.8 Å². The zero-order valence-electron chi connectivity index (χ0n) is 11.0. The van der Waals surface area contributed by atoms with E-state index in [2.05, 4.69) is 5.32 Å². The van der Waals surface area contributed by atoms with Crippen molar-refractivity contribution in [1.82, 2.24) is 9.62 Å². The van der Waals surface area contributed by atoms with Crippen LogP contribution in [0.2, 0.25) is 5.02 Å². The van der Waals surface area contributed by atoms with Crippen molar-refractivity contribution in [3.05, 3.63) is 34.9 Å². The van der Waals surface area contributed by atoms with Gasteiger partial charge >= 0.3 is 0 Å². The Morgan fingerprint density at radius 2 is 2.26 bits per heavy atom. The summed E-state index contributed by atoms with van der Waals surface area (Å²) in [7, 11) is -3.19. The standard InChI is InChI=1S/C13H19ClN2O2S/c1-2-8-19(17,18)16-7-6-15-10-13(16)11-4-3-5-12(14)9-11/h3-5,9,13,15H,2,6-8,10H2,1H3. The van der Waals surface area contributed by atoms with E-state index in [9.17, 15) is 8.42 Å². The first kappa shape index (κ1) is 14.8. The van der Waals surface area contributed by atoms with Gasteiger partial charge in [-0.05, 0) is 24.1 Å². The van der Waals surface area contributed by atoms with Crippen LogP contribution in [0, 0.1) is 0 Å². The van der Waals surface area contributed by atoms with E-state index in [1.165, 1.54) is 0 Å². The second-order valence-corrected chi connectivity index (χ2v) is 7.18. The van der Waals surface area contributed by atoms with E-state index in [0.717, 1.165) is 5.56 Å². The molecular formula is C13H19ClN2O2S. The number of nitrogens with one attached hydrogen (secondary N) is 1. The third-order valence-corrected chi connectivity index (χ3v) is 5.56. The number of benzene rings is 1. The Bertz CT molecular complexity index is 533. The minimum Gasteiger partial charge on any atom is -0.313 e. The van der Waals surface area contributed by atoms with Crippen LogP contribution in [0.4, 0.5) is 0 Å². The highest BCUT2D eigenvalue weighted by Crippen LogP contribution is 2.27.